The van der Waals surface area contributed by atoms with Crippen LogP contribution in [0.3, 0.4) is 0 Å². The second-order valence-electron chi connectivity index (χ2n) is 4.85. The van der Waals surface area contributed by atoms with E-state index in [1.807, 2.05) is 30.3 Å². The minimum Gasteiger partial charge on any atom is -0.325 e. The fourth-order valence-electron chi connectivity index (χ4n) is 2.48. The van der Waals surface area contributed by atoms with Gasteiger partial charge in [0, 0.05) is 17.5 Å². The molecular formula is C16H16N2O. The quantitative estimate of drug-likeness (QED) is 0.831. The summed E-state index contributed by atoms with van der Waals surface area (Å²) in [7, 11) is 0. The van der Waals surface area contributed by atoms with Crippen LogP contribution in [0.5, 0.6) is 0 Å². The van der Waals surface area contributed by atoms with E-state index in [0.717, 1.165) is 35.9 Å². The molecule has 96 valence electrons. The number of rotatable bonds is 2. The van der Waals surface area contributed by atoms with Crippen molar-refractivity contribution in [3.05, 3.63) is 48.7 Å². The number of nitrogens with one attached hydrogen (secondary N) is 1. The highest BCUT2D eigenvalue weighted by atomic mass is 16.1. The molecule has 1 aromatic heterocycles. The summed E-state index contributed by atoms with van der Waals surface area (Å²) in [6, 6.07) is 9.68. The molecule has 3 rings (SSSR count). The number of hydrogen-bond donors (Lipinski definition) is 1. The van der Waals surface area contributed by atoms with Gasteiger partial charge in [-0.1, -0.05) is 18.2 Å². The van der Waals surface area contributed by atoms with Crippen LogP contribution in [0.25, 0.3) is 10.9 Å². The standard InChI is InChI=1S/C16H16N2O/c19-16(12-6-2-1-3-7-12)18-15-10-4-9-14-13(15)8-5-11-17-14/h1-2,4-5,8-12H,3,6-7H2,(H,18,19). The molecule has 1 heterocycles. The molecule has 0 spiro atoms. The molecule has 3 heteroatoms. The molecule has 3 nitrogen and oxygen atoms in total. The van der Waals surface area contributed by atoms with Gasteiger partial charge >= 0.3 is 0 Å². The number of aromatic nitrogens is 1. The highest BCUT2D eigenvalue weighted by molar-refractivity contribution is 6.01. The summed E-state index contributed by atoms with van der Waals surface area (Å²) in [6.45, 7) is 0. The molecule has 1 aromatic carbocycles. The Morgan fingerprint density at radius 3 is 3.00 bits per heavy atom. The maximum atomic E-state index is 12.2. The number of fused-ring (bicyclic) bond motifs is 1. The topological polar surface area (TPSA) is 42.0 Å². The van der Waals surface area contributed by atoms with Gasteiger partial charge in [-0.2, -0.15) is 0 Å². The lowest BCUT2D eigenvalue weighted by Crippen LogP contribution is -2.23. The Kier molecular flexibility index (Phi) is 3.27. The molecule has 0 radical (unpaired) electrons. The summed E-state index contributed by atoms with van der Waals surface area (Å²) in [4.78, 5) is 16.5. The zero-order chi connectivity index (χ0) is 13.1. The average molecular weight is 252 g/mol. The minimum atomic E-state index is 0.0944. The first-order chi connectivity index (χ1) is 9.34. The summed E-state index contributed by atoms with van der Waals surface area (Å²) in [5.74, 6) is 0.206. The lowest BCUT2D eigenvalue weighted by atomic mass is 9.93. The molecule has 0 aliphatic heterocycles. The summed E-state index contributed by atoms with van der Waals surface area (Å²) < 4.78 is 0. The van der Waals surface area contributed by atoms with Gasteiger partial charge in [0.15, 0.2) is 0 Å². The Balaban J connectivity index is 1.85. The zero-order valence-electron chi connectivity index (χ0n) is 10.7. The normalized spacial score (nSPS) is 18.4. The monoisotopic (exact) mass is 252 g/mol. The number of carbonyl (C=O) groups excluding carboxylic acids is 1. The molecular weight excluding hydrogens is 236 g/mol. The zero-order valence-corrected chi connectivity index (χ0v) is 10.7. The van der Waals surface area contributed by atoms with Crippen LogP contribution in [0, 0.1) is 5.92 Å². The van der Waals surface area contributed by atoms with Crippen molar-refractivity contribution < 1.29 is 4.79 Å². The number of pyridine rings is 1. The number of allylic oxidation sites excluding steroid dienone is 2. The van der Waals surface area contributed by atoms with Crippen molar-refractivity contribution in [2.45, 2.75) is 19.3 Å². The first kappa shape index (κ1) is 11.9. The van der Waals surface area contributed by atoms with Crippen molar-refractivity contribution >= 4 is 22.5 Å². The van der Waals surface area contributed by atoms with E-state index in [-0.39, 0.29) is 11.8 Å². The van der Waals surface area contributed by atoms with Crippen molar-refractivity contribution in [3.8, 4) is 0 Å². The largest absolute Gasteiger partial charge is 0.325 e. The van der Waals surface area contributed by atoms with Gasteiger partial charge in [0.2, 0.25) is 5.91 Å². The second kappa shape index (κ2) is 5.22. The van der Waals surface area contributed by atoms with E-state index in [9.17, 15) is 4.79 Å². The fourth-order valence-corrected chi connectivity index (χ4v) is 2.48. The molecule has 1 unspecified atom stereocenters. The van der Waals surface area contributed by atoms with Crippen molar-refractivity contribution in [2.75, 3.05) is 5.32 Å². The van der Waals surface area contributed by atoms with E-state index < -0.39 is 0 Å². The maximum absolute atomic E-state index is 12.2. The van der Waals surface area contributed by atoms with Crippen LogP contribution in [0.15, 0.2) is 48.7 Å². The molecule has 1 aliphatic rings. The summed E-state index contributed by atoms with van der Waals surface area (Å²) >= 11 is 0. The average Bonchev–Trinajstić information content (AvgIpc) is 2.48. The summed E-state index contributed by atoms with van der Waals surface area (Å²) in [5.41, 5.74) is 1.76. The van der Waals surface area contributed by atoms with Crippen LogP contribution in [0.1, 0.15) is 19.3 Å². The third-order valence-corrected chi connectivity index (χ3v) is 3.54. The Hall–Kier alpha value is -2.16. The van der Waals surface area contributed by atoms with Crippen molar-refractivity contribution in [1.29, 1.82) is 0 Å². The molecule has 19 heavy (non-hydrogen) atoms. The molecule has 2 aromatic rings. The molecule has 0 fully saturated rings. The smallest absolute Gasteiger partial charge is 0.227 e. The lowest BCUT2D eigenvalue weighted by molar-refractivity contribution is -0.120. The van der Waals surface area contributed by atoms with E-state index in [1.54, 1.807) is 6.20 Å². The van der Waals surface area contributed by atoms with Gasteiger partial charge in [-0.15, -0.1) is 0 Å². The lowest BCUT2D eigenvalue weighted by Gasteiger charge is -2.17. The number of amides is 1. The summed E-state index contributed by atoms with van der Waals surface area (Å²) in [5, 5.41) is 4.03. The molecule has 0 saturated heterocycles. The van der Waals surface area contributed by atoms with E-state index in [2.05, 4.69) is 22.5 Å². The molecule has 1 aliphatic carbocycles. The van der Waals surface area contributed by atoms with Gasteiger partial charge in [0.1, 0.15) is 0 Å². The number of carbonyl (C=O) groups is 1. The fraction of sp³-hybridized carbons (Fsp3) is 0.250. The van der Waals surface area contributed by atoms with E-state index in [0.29, 0.717) is 0 Å². The molecule has 1 atom stereocenters. The first-order valence-corrected chi connectivity index (χ1v) is 6.64. The summed E-state index contributed by atoms with van der Waals surface area (Å²) in [6.07, 6.45) is 8.78. The number of benzene rings is 1. The van der Waals surface area contributed by atoms with Gasteiger partial charge in [-0.3, -0.25) is 9.78 Å². The van der Waals surface area contributed by atoms with E-state index in [1.165, 1.54) is 0 Å². The molecule has 0 bridgehead atoms. The van der Waals surface area contributed by atoms with Gasteiger partial charge in [-0.05, 0) is 43.5 Å². The third-order valence-electron chi connectivity index (χ3n) is 3.54. The maximum Gasteiger partial charge on any atom is 0.227 e. The van der Waals surface area contributed by atoms with Crippen LogP contribution in [0.2, 0.25) is 0 Å². The number of nitrogens with zero attached hydrogens (tertiary/aromatic N) is 1. The Bertz CT molecular complexity index is 628. The minimum absolute atomic E-state index is 0.0944. The van der Waals surface area contributed by atoms with Gasteiger partial charge < -0.3 is 5.32 Å². The molecule has 0 saturated carbocycles. The number of anilines is 1. The van der Waals surface area contributed by atoms with E-state index >= 15 is 0 Å². The second-order valence-corrected chi connectivity index (χ2v) is 4.85. The van der Waals surface area contributed by atoms with Crippen LogP contribution >= 0.6 is 0 Å². The predicted molar refractivity (Wildman–Crippen MR) is 76.9 cm³/mol. The highest BCUT2D eigenvalue weighted by Crippen LogP contribution is 2.24. The Labute approximate surface area is 112 Å². The predicted octanol–water partition coefficient (Wildman–Crippen LogP) is 3.53. The van der Waals surface area contributed by atoms with Crippen LogP contribution in [0.4, 0.5) is 5.69 Å². The highest BCUT2D eigenvalue weighted by Gasteiger charge is 2.19. The Morgan fingerprint density at radius 1 is 1.21 bits per heavy atom. The molecule has 1 amide bonds. The van der Waals surface area contributed by atoms with E-state index in [4.69, 9.17) is 0 Å². The number of hydrogen-bond acceptors (Lipinski definition) is 2. The van der Waals surface area contributed by atoms with Crippen molar-refractivity contribution in [1.82, 2.24) is 4.98 Å². The van der Waals surface area contributed by atoms with Crippen LogP contribution < -0.4 is 5.32 Å². The van der Waals surface area contributed by atoms with Gasteiger partial charge in [0.05, 0.1) is 11.2 Å². The Morgan fingerprint density at radius 2 is 2.16 bits per heavy atom. The van der Waals surface area contributed by atoms with Gasteiger partial charge in [0.25, 0.3) is 0 Å². The SMILES string of the molecule is O=C(Nc1cccc2ncccc12)C1CC=CCC1. The van der Waals surface area contributed by atoms with Crippen molar-refractivity contribution in [2.24, 2.45) is 5.92 Å². The molecule has 1 N–H and O–H groups in total. The van der Waals surface area contributed by atoms with Crippen LogP contribution in [-0.4, -0.2) is 10.9 Å². The third kappa shape index (κ3) is 2.50. The van der Waals surface area contributed by atoms with Crippen LogP contribution in [-0.2, 0) is 4.79 Å². The first-order valence-electron chi connectivity index (χ1n) is 6.64. The van der Waals surface area contributed by atoms with Crippen molar-refractivity contribution in [3.63, 3.8) is 0 Å². The van der Waals surface area contributed by atoms with Gasteiger partial charge in [-0.25, -0.2) is 0 Å².